The molecule has 0 saturated heterocycles. The summed E-state index contributed by atoms with van der Waals surface area (Å²) in [5, 5.41) is 2.22. The molecule has 1 atom stereocenters. The number of anilines is 1. The second-order valence-corrected chi connectivity index (χ2v) is 12.3. The van der Waals surface area contributed by atoms with Crippen LogP contribution in [0.4, 0.5) is 18.9 Å². The van der Waals surface area contributed by atoms with Gasteiger partial charge in [-0.3, -0.25) is 13.9 Å². The third kappa shape index (κ3) is 9.03. The molecule has 8 nitrogen and oxygen atoms in total. The molecule has 1 N–H and O–H groups in total. The number of rotatable bonds is 10. The number of nitrogens with one attached hydrogen (secondary N) is 1. The summed E-state index contributed by atoms with van der Waals surface area (Å²) >= 11 is 5.70. The Morgan fingerprint density at radius 3 is 2.13 bits per heavy atom. The van der Waals surface area contributed by atoms with Gasteiger partial charge in [0.25, 0.3) is 0 Å². The second-order valence-electron chi connectivity index (χ2n) is 9.96. The molecule has 2 aromatic carbocycles. The molecule has 2 amide bonds. The number of hydrogen-bond donors (Lipinski definition) is 1. The SMILES string of the molecule is CC[C@H](C(=O)NC(C)(C)C)N(Cc1ccc(OC)cc1)C(=O)CN(c1ccc(Cl)c(C(F)(F)F)c1)S(C)(=O)=O. The van der Waals surface area contributed by atoms with Crippen molar-refractivity contribution in [2.24, 2.45) is 0 Å². The fraction of sp³-hybridized carbons (Fsp3) is 0.462. The van der Waals surface area contributed by atoms with E-state index < -0.39 is 56.7 Å². The van der Waals surface area contributed by atoms with E-state index in [1.54, 1.807) is 52.0 Å². The van der Waals surface area contributed by atoms with E-state index in [-0.39, 0.29) is 18.7 Å². The van der Waals surface area contributed by atoms with Crippen molar-refractivity contribution in [2.45, 2.75) is 58.4 Å². The fourth-order valence-electron chi connectivity index (χ4n) is 3.80. The molecule has 0 saturated carbocycles. The van der Waals surface area contributed by atoms with Crippen LogP contribution < -0.4 is 14.4 Å². The van der Waals surface area contributed by atoms with E-state index >= 15 is 0 Å². The van der Waals surface area contributed by atoms with Crippen molar-refractivity contribution < 1.29 is 35.9 Å². The molecule has 0 unspecified atom stereocenters. The summed E-state index contributed by atoms with van der Waals surface area (Å²) in [5.74, 6) is -0.667. The third-order valence-corrected chi connectivity index (χ3v) is 7.09. The van der Waals surface area contributed by atoms with Crippen molar-refractivity contribution in [2.75, 3.05) is 24.2 Å². The molecular weight excluding hydrogens is 559 g/mol. The average Bonchev–Trinajstić information content (AvgIpc) is 2.80. The number of carbonyl (C=O) groups is 2. The maximum Gasteiger partial charge on any atom is 0.417 e. The minimum atomic E-state index is -4.85. The van der Waals surface area contributed by atoms with E-state index in [1.165, 1.54) is 12.0 Å². The number of carbonyl (C=O) groups excluding carboxylic acids is 2. The third-order valence-electron chi connectivity index (χ3n) is 5.62. The zero-order valence-corrected chi connectivity index (χ0v) is 24.2. The van der Waals surface area contributed by atoms with Crippen LogP contribution in [-0.4, -0.2) is 56.6 Å². The van der Waals surface area contributed by atoms with Crippen molar-refractivity contribution in [3.63, 3.8) is 0 Å². The summed E-state index contributed by atoms with van der Waals surface area (Å²) < 4.78 is 71.5. The van der Waals surface area contributed by atoms with Gasteiger partial charge in [-0.25, -0.2) is 8.42 Å². The number of benzene rings is 2. The second kappa shape index (κ2) is 12.5. The van der Waals surface area contributed by atoms with Crippen molar-refractivity contribution in [1.29, 1.82) is 0 Å². The molecule has 0 fully saturated rings. The summed E-state index contributed by atoms with van der Waals surface area (Å²) in [6, 6.07) is 8.32. The smallest absolute Gasteiger partial charge is 0.417 e. The summed E-state index contributed by atoms with van der Waals surface area (Å²) in [5.41, 5.74) is -1.62. The zero-order valence-electron chi connectivity index (χ0n) is 22.6. The van der Waals surface area contributed by atoms with Gasteiger partial charge in [-0.05, 0) is 63.1 Å². The largest absolute Gasteiger partial charge is 0.497 e. The van der Waals surface area contributed by atoms with Gasteiger partial charge in [0.05, 0.1) is 29.6 Å². The van der Waals surface area contributed by atoms with Gasteiger partial charge in [-0.15, -0.1) is 0 Å². The molecule has 0 aliphatic carbocycles. The molecule has 0 bridgehead atoms. The van der Waals surface area contributed by atoms with Crippen LogP contribution in [0.15, 0.2) is 42.5 Å². The van der Waals surface area contributed by atoms with Crippen LogP contribution in [0.25, 0.3) is 0 Å². The Morgan fingerprint density at radius 1 is 1.08 bits per heavy atom. The number of ether oxygens (including phenoxy) is 1. The van der Waals surface area contributed by atoms with Gasteiger partial charge >= 0.3 is 6.18 Å². The lowest BCUT2D eigenvalue weighted by atomic mass is 10.1. The molecule has 0 aliphatic heterocycles. The lowest BCUT2D eigenvalue weighted by Crippen LogP contribution is -2.55. The summed E-state index contributed by atoms with van der Waals surface area (Å²) in [6.45, 7) is 6.12. The molecule has 13 heteroatoms. The Balaban J connectivity index is 2.54. The summed E-state index contributed by atoms with van der Waals surface area (Å²) in [7, 11) is -2.73. The Morgan fingerprint density at radius 2 is 1.67 bits per heavy atom. The Kier molecular flexibility index (Phi) is 10.3. The predicted molar refractivity (Wildman–Crippen MR) is 144 cm³/mol. The Labute approximate surface area is 232 Å². The average molecular weight is 592 g/mol. The minimum absolute atomic E-state index is 0.0646. The van der Waals surface area contributed by atoms with Crippen LogP contribution in [0.3, 0.4) is 0 Å². The molecule has 39 heavy (non-hydrogen) atoms. The highest BCUT2D eigenvalue weighted by Gasteiger charge is 2.36. The van der Waals surface area contributed by atoms with Gasteiger partial charge in [0.15, 0.2) is 0 Å². The van der Waals surface area contributed by atoms with Crippen LogP contribution in [0.1, 0.15) is 45.2 Å². The lowest BCUT2D eigenvalue weighted by molar-refractivity contribution is -0.141. The molecule has 0 aliphatic rings. The summed E-state index contributed by atoms with van der Waals surface area (Å²) in [4.78, 5) is 28.1. The lowest BCUT2D eigenvalue weighted by Gasteiger charge is -2.34. The highest BCUT2D eigenvalue weighted by Crippen LogP contribution is 2.37. The Bertz CT molecular complexity index is 1280. The number of alkyl halides is 3. The van der Waals surface area contributed by atoms with E-state index in [4.69, 9.17) is 16.3 Å². The van der Waals surface area contributed by atoms with E-state index in [0.717, 1.165) is 18.4 Å². The molecule has 0 aromatic heterocycles. The van der Waals surface area contributed by atoms with E-state index in [1.807, 2.05) is 0 Å². The number of sulfonamides is 1. The van der Waals surface area contributed by atoms with Crippen LogP contribution >= 0.6 is 11.6 Å². The highest BCUT2D eigenvalue weighted by atomic mass is 35.5. The summed E-state index contributed by atoms with van der Waals surface area (Å²) in [6.07, 6.45) is -3.87. The van der Waals surface area contributed by atoms with Gasteiger partial charge in [0.2, 0.25) is 21.8 Å². The molecule has 0 spiro atoms. The first kappa shape index (κ1) is 32.2. The van der Waals surface area contributed by atoms with Gasteiger partial charge in [0.1, 0.15) is 18.3 Å². The minimum Gasteiger partial charge on any atom is -0.497 e. The maximum atomic E-state index is 13.7. The number of nitrogens with zero attached hydrogens (tertiary/aromatic N) is 2. The van der Waals surface area contributed by atoms with Crippen LogP contribution in [0, 0.1) is 0 Å². The van der Waals surface area contributed by atoms with Crippen LogP contribution in [0.2, 0.25) is 5.02 Å². The van der Waals surface area contributed by atoms with Crippen molar-refractivity contribution in [3.05, 3.63) is 58.6 Å². The topological polar surface area (TPSA) is 96.0 Å². The van der Waals surface area contributed by atoms with E-state index in [2.05, 4.69) is 5.32 Å². The monoisotopic (exact) mass is 591 g/mol. The predicted octanol–water partition coefficient (Wildman–Crippen LogP) is 4.86. The first-order chi connectivity index (χ1) is 17.9. The molecule has 0 radical (unpaired) electrons. The van der Waals surface area contributed by atoms with Gasteiger partial charge in [-0.2, -0.15) is 13.2 Å². The number of halogens is 4. The number of hydrogen-bond acceptors (Lipinski definition) is 5. The molecule has 0 heterocycles. The fourth-order valence-corrected chi connectivity index (χ4v) is 4.87. The van der Waals surface area contributed by atoms with Crippen LogP contribution in [-0.2, 0) is 32.3 Å². The van der Waals surface area contributed by atoms with Crippen molar-refractivity contribution in [3.8, 4) is 5.75 Å². The molecular formula is C26H33ClF3N3O5S. The van der Waals surface area contributed by atoms with Crippen molar-refractivity contribution >= 4 is 39.1 Å². The maximum absolute atomic E-state index is 13.7. The van der Waals surface area contributed by atoms with E-state index in [0.29, 0.717) is 21.7 Å². The zero-order chi connectivity index (χ0) is 29.8. The standard InChI is InChI=1S/C26H33ClF3N3O5S/c1-7-22(24(35)31-25(2,3)4)32(15-17-8-11-19(38-5)12-9-17)23(34)16-33(39(6,36)37)18-10-13-21(27)20(14-18)26(28,29)30/h8-14,22H,7,15-16H2,1-6H3,(H,31,35)/t22-/m1/s1. The van der Waals surface area contributed by atoms with Gasteiger partial charge in [-0.1, -0.05) is 30.7 Å². The first-order valence-electron chi connectivity index (χ1n) is 12.0. The number of amides is 2. The number of methoxy groups -OCH3 is 1. The quantitative estimate of drug-likeness (QED) is 0.426. The Hall–Kier alpha value is -2.99. The van der Waals surface area contributed by atoms with Crippen molar-refractivity contribution in [1.82, 2.24) is 10.2 Å². The van der Waals surface area contributed by atoms with Gasteiger partial charge < -0.3 is 15.0 Å². The van der Waals surface area contributed by atoms with Crippen LogP contribution in [0.5, 0.6) is 5.75 Å². The highest BCUT2D eigenvalue weighted by molar-refractivity contribution is 7.92. The molecule has 216 valence electrons. The van der Waals surface area contributed by atoms with Gasteiger partial charge in [0, 0.05) is 12.1 Å². The van der Waals surface area contributed by atoms with E-state index in [9.17, 15) is 31.2 Å². The first-order valence-corrected chi connectivity index (χ1v) is 14.2. The molecule has 2 rings (SSSR count). The molecule has 2 aromatic rings. The normalized spacial score (nSPS) is 13.0.